The third kappa shape index (κ3) is 9.05. The Kier molecular flexibility index (Phi) is 11.2. The first kappa shape index (κ1) is 33.9. The third-order valence-corrected chi connectivity index (χ3v) is 9.59. The van der Waals surface area contributed by atoms with Crippen LogP contribution < -0.4 is 9.62 Å². The summed E-state index contributed by atoms with van der Waals surface area (Å²) in [6.45, 7) is 7.23. The van der Waals surface area contributed by atoms with Crippen LogP contribution in [0.2, 0.25) is 0 Å². The van der Waals surface area contributed by atoms with Gasteiger partial charge < -0.3 is 10.2 Å². The molecule has 0 bridgehead atoms. The Morgan fingerprint density at radius 3 is 1.98 bits per heavy atom. The minimum absolute atomic E-state index is 0.0782. The van der Waals surface area contributed by atoms with Gasteiger partial charge in [-0.25, -0.2) is 8.42 Å². The zero-order chi connectivity index (χ0) is 32.6. The topological polar surface area (TPSA) is 86.8 Å². The standard InChI is InChI=1S/C36H40BrN3O4S/c1-5-29-16-12-13-19-32(29)40(45(43,44)31-17-10-7-11-18-31)26-34(41)39(25-28-20-22-30(37)23-21-28)33(35(42)38-36(2,3)4)24-27-14-8-6-9-15-27/h6-23,33H,5,24-26H2,1-4H3,(H,38,42)/t33-/m1/s1. The lowest BCUT2D eigenvalue weighted by atomic mass is 10.0. The number of carbonyl (C=O) groups is 2. The molecule has 0 aliphatic rings. The van der Waals surface area contributed by atoms with Crippen LogP contribution in [0.5, 0.6) is 0 Å². The number of benzene rings is 4. The van der Waals surface area contributed by atoms with Crippen molar-refractivity contribution in [3.63, 3.8) is 0 Å². The van der Waals surface area contributed by atoms with E-state index in [-0.39, 0.29) is 23.8 Å². The number of nitrogens with one attached hydrogen (secondary N) is 1. The Hall–Kier alpha value is -3.95. The Bertz CT molecular complexity index is 1690. The number of sulfonamides is 1. The number of nitrogens with zero attached hydrogens (tertiary/aromatic N) is 2. The highest BCUT2D eigenvalue weighted by Crippen LogP contribution is 2.28. The van der Waals surface area contributed by atoms with Gasteiger partial charge >= 0.3 is 0 Å². The summed E-state index contributed by atoms with van der Waals surface area (Å²) in [6, 6.07) is 31.5. The van der Waals surface area contributed by atoms with E-state index >= 15 is 0 Å². The van der Waals surface area contributed by atoms with Gasteiger partial charge in [-0.3, -0.25) is 13.9 Å². The summed E-state index contributed by atoms with van der Waals surface area (Å²) in [4.78, 5) is 30.2. The molecule has 1 atom stereocenters. The summed E-state index contributed by atoms with van der Waals surface area (Å²) in [7, 11) is -4.15. The quantitative estimate of drug-likeness (QED) is 0.178. The van der Waals surface area contributed by atoms with Gasteiger partial charge in [0.05, 0.1) is 10.6 Å². The van der Waals surface area contributed by atoms with Gasteiger partial charge in [-0.2, -0.15) is 0 Å². The van der Waals surface area contributed by atoms with Gasteiger partial charge in [0.25, 0.3) is 10.0 Å². The number of rotatable bonds is 12. The predicted molar refractivity (Wildman–Crippen MR) is 183 cm³/mol. The lowest BCUT2D eigenvalue weighted by Crippen LogP contribution is -2.56. The van der Waals surface area contributed by atoms with Gasteiger partial charge in [-0.05, 0) is 74.2 Å². The van der Waals surface area contributed by atoms with E-state index in [2.05, 4.69) is 21.2 Å². The highest BCUT2D eigenvalue weighted by molar-refractivity contribution is 9.10. The van der Waals surface area contributed by atoms with Crippen molar-refractivity contribution in [2.45, 2.75) is 63.6 Å². The van der Waals surface area contributed by atoms with E-state index in [1.54, 1.807) is 30.3 Å². The molecular formula is C36H40BrN3O4S. The smallest absolute Gasteiger partial charge is 0.264 e. The van der Waals surface area contributed by atoms with Crippen LogP contribution in [-0.2, 0) is 39.0 Å². The first-order valence-electron chi connectivity index (χ1n) is 14.9. The number of halogens is 1. The fraction of sp³-hybridized carbons (Fsp3) is 0.278. The maximum Gasteiger partial charge on any atom is 0.264 e. The van der Waals surface area contributed by atoms with E-state index in [9.17, 15) is 18.0 Å². The molecule has 7 nitrogen and oxygen atoms in total. The summed E-state index contributed by atoms with van der Waals surface area (Å²) in [5, 5.41) is 3.06. The summed E-state index contributed by atoms with van der Waals surface area (Å²) < 4.78 is 30.5. The van der Waals surface area contributed by atoms with Crippen LogP contribution in [0.1, 0.15) is 44.4 Å². The second-order valence-electron chi connectivity index (χ2n) is 11.9. The molecule has 0 heterocycles. The average molecular weight is 691 g/mol. The van der Waals surface area contributed by atoms with Crippen LogP contribution in [-0.4, -0.2) is 43.3 Å². The number of hydrogen-bond donors (Lipinski definition) is 1. The summed E-state index contributed by atoms with van der Waals surface area (Å²) in [6.07, 6.45) is 0.820. The molecule has 0 saturated heterocycles. The van der Waals surface area contributed by atoms with Crippen molar-refractivity contribution in [1.82, 2.24) is 10.2 Å². The zero-order valence-corrected chi connectivity index (χ0v) is 28.5. The fourth-order valence-electron chi connectivity index (χ4n) is 5.08. The van der Waals surface area contributed by atoms with Crippen molar-refractivity contribution in [2.75, 3.05) is 10.8 Å². The van der Waals surface area contributed by atoms with E-state index < -0.39 is 34.1 Å². The Morgan fingerprint density at radius 1 is 0.800 bits per heavy atom. The number of para-hydroxylation sites is 1. The van der Waals surface area contributed by atoms with E-state index in [1.165, 1.54) is 21.3 Å². The minimum Gasteiger partial charge on any atom is -0.350 e. The molecule has 4 aromatic rings. The summed E-state index contributed by atoms with van der Waals surface area (Å²) in [5.41, 5.74) is 2.35. The molecule has 0 aliphatic carbocycles. The van der Waals surface area contributed by atoms with Gasteiger partial charge in [0.15, 0.2) is 0 Å². The van der Waals surface area contributed by atoms with Crippen molar-refractivity contribution < 1.29 is 18.0 Å². The summed E-state index contributed by atoms with van der Waals surface area (Å²) in [5.74, 6) is -0.809. The molecule has 0 saturated carbocycles. The Balaban J connectivity index is 1.83. The Labute approximate surface area is 275 Å². The van der Waals surface area contributed by atoms with Crippen molar-refractivity contribution in [1.29, 1.82) is 0 Å². The minimum atomic E-state index is -4.15. The van der Waals surface area contributed by atoms with E-state index in [0.29, 0.717) is 12.1 Å². The number of hydrogen-bond acceptors (Lipinski definition) is 4. The third-order valence-electron chi connectivity index (χ3n) is 7.29. The molecule has 0 radical (unpaired) electrons. The van der Waals surface area contributed by atoms with Crippen LogP contribution in [0.15, 0.2) is 119 Å². The van der Waals surface area contributed by atoms with Crippen LogP contribution in [0.4, 0.5) is 5.69 Å². The lowest BCUT2D eigenvalue weighted by molar-refractivity contribution is -0.140. The molecule has 0 aromatic heterocycles. The SMILES string of the molecule is CCc1ccccc1N(CC(=O)N(Cc1ccc(Br)cc1)[C@H](Cc1ccccc1)C(=O)NC(C)(C)C)S(=O)(=O)c1ccccc1. The molecule has 4 aromatic carbocycles. The molecule has 1 N–H and O–H groups in total. The highest BCUT2D eigenvalue weighted by atomic mass is 79.9. The predicted octanol–water partition coefficient (Wildman–Crippen LogP) is 6.76. The van der Waals surface area contributed by atoms with Gasteiger partial charge in [0, 0.05) is 23.0 Å². The fourth-order valence-corrected chi connectivity index (χ4v) is 6.82. The van der Waals surface area contributed by atoms with E-state index in [1.807, 2.05) is 94.4 Å². The van der Waals surface area contributed by atoms with Crippen LogP contribution in [0.25, 0.3) is 0 Å². The molecule has 45 heavy (non-hydrogen) atoms. The van der Waals surface area contributed by atoms with Gasteiger partial charge in [-0.1, -0.05) is 102 Å². The van der Waals surface area contributed by atoms with Crippen LogP contribution in [0, 0.1) is 0 Å². The largest absolute Gasteiger partial charge is 0.350 e. The zero-order valence-electron chi connectivity index (χ0n) is 26.1. The molecular weight excluding hydrogens is 650 g/mol. The maximum atomic E-state index is 14.6. The van der Waals surface area contributed by atoms with Gasteiger partial charge in [0.1, 0.15) is 12.6 Å². The van der Waals surface area contributed by atoms with Crippen molar-refractivity contribution in [3.05, 3.63) is 130 Å². The molecule has 4 rings (SSSR count). The Morgan fingerprint density at radius 2 is 1.38 bits per heavy atom. The monoisotopic (exact) mass is 689 g/mol. The molecule has 0 spiro atoms. The van der Waals surface area contributed by atoms with Crippen LogP contribution >= 0.6 is 15.9 Å². The van der Waals surface area contributed by atoms with Crippen molar-refractivity contribution in [2.24, 2.45) is 0 Å². The highest BCUT2D eigenvalue weighted by Gasteiger charge is 2.36. The molecule has 2 amide bonds. The average Bonchev–Trinajstić information content (AvgIpc) is 3.02. The second-order valence-corrected chi connectivity index (χ2v) is 14.7. The normalized spacial score (nSPS) is 12.3. The van der Waals surface area contributed by atoms with E-state index in [0.717, 1.165) is 21.2 Å². The number of anilines is 1. The van der Waals surface area contributed by atoms with Gasteiger partial charge in [-0.15, -0.1) is 0 Å². The number of aryl methyl sites for hydroxylation is 1. The number of amides is 2. The van der Waals surface area contributed by atoms with Gasteiger partial charge in [0.2, 0.25) is 11.8 Å². The van der Waals surface area contributed by atoms with Crippen molar-refractivity contribution in [3.8, 4) is 0 Å². The molecule has 236 valence electrons. The molecule has 9 heteroatoms. The van der Waals surface area contributed by atoms with Crippen LogP contribution in [0.3, 0.4) is 0 Å². The molecule has 0 unspecified atom stereocenters. The first-order valence-corrected chi connectivity index (χ1v) is 17.2. The number of carbonyl (C=O) groups excluding carboxylic acids is 2. The van der Waals surface area contributed by atoms with Crippen molar-refractivity contribution >= 4 is 43.5 Å². The molecule has 0 fully saturated rings. The molecule has 0 aliphatic heterocycles. The first-order chi connectivity index (χ1) is 21.4. The van der Waals surface area contributed by atoms with E-state index in [4.69, 9.17) is 0 Å². The summed E-state index contributed by atoms with van der Waals surface area (Å²) >= 11 is 3.47. The second kappa shape index (κ2) is 14.9. The lowest BCUT2D eigenvalue weighted by Gasteiger charge is -2.35. The maximum absolute atomic E-state index is 14.6.